The second kappa shape index (κ2) is 15.2. The summed E-state index contributed by atoms with van der Waals surface area (Å²) in [4.78, 5) is 0. The first-order valence-electron chi connectivity index (χ1n) is 17.3. The third-order valence-corrected chi connectivity index (χ3v) is 9.17. The van der Waals surface area contributed by atoms with Crippen molar-refractivity contribution in [2.45, 2.75) is 121 Å². The highest BCUT2D eigenvalue weighted by Gasteiger charge is 2.60. The predicted molar refractivity (Wildman–Crippen MR) is 178 cm³/mol. The molecule has 0 unspecified atom stereocenters. The zero-order valence-electron chi connectivity index (χ0n) is 28.7. The molecule has 0 saturated carbocycles. The molecule has 7 rings (SSSR count). The monoisotopic (exact) mass is 676 g/mol. The van der Waals surface area contributed by atoms with Crippen molar-refractivity contribution in [2.24, 2.45) is 0 Å². The maximum Gasteiger partial charge on any atom is 0.190 e. The van der Waals surface area contributed by atoms with Gasteiger partial charge in [0.15, 0.2) is 24.2 Å². The minimum Gasteiger partial charge on any atom is -0.374 e. The standard InChI is InChI=1S/C39H48O10/c1-38(2)46-34-31(45-37-36(35(34)47-38)48-39(3,4)49-37)25-42-32-20-29(41-22-27-16-10-6-11-17-27)33(43-23-28-18-12-7-13-19-28)30(44-32)24-40-21-26-14-8-5-9-15-26/h5-19,29-37H,20-25H2,1-4H3/t29-,30-,31-,32+,33-,34+,35+,36-,37-/m1/s1. The summed E-state index contributed by atoms with van der Waals surface area (Å²) in [6.07, 6.45) is -3.64. The Morgan fingerprint density at radius 1 is 0.551 bits per heavy atom. The quantitative estimate of drug-likeness (QED) is 0.218. The van der Waals surface area contributed by atoms with Crippen molar-refractivity contribution in [1.29, 1.82) is 0 Å². The summed E-state index contributed by atoms with van der Waals surface area (Å²) >= 11 is 0. The maximum atomic E-state index is 6.64. The van der Waals surface area contributed by atoms with E-state index in [-0.39, 0.29) is 18.8 Å². The van der Waals surface area contributed by atoms with E-state index >= 15 is 0 Å². The Labute approximate surface area is 288 Å². The number of fused-ring (bicyclic) bond motifs is 3. The summed E-state index contributed by atoms with van der Waals surface area (Å²) in [5.41, 5.74) is 3.22. The highest BCUT2D eigenvalue weighted by molar-refractivity contribution is 5.15. The third kappa shape index (κ3) is 8.77. The fraction of sp³-hybridized carbons (Fsp3) is 0.538. The minimum atomic E-state index is -0.802. The molecule has 0 N–H and O–H groups in total. The Hall–Kier alpha value is -2.74. The van der Waals surface area contributed by atoms with Crippen LogP contribution in [0.15, 0.2) is 91.0 Å². The second-order valence-corrected chi connectivity index (χ2v) is 14.0. The molecule has 4 aliphatic rings. The predicted octanol–water partition coefficient (Wildman–Crippen LogP) is 5.90. The molecule has 4 aliphatic heterocycles. The smallest absolute Gasteiger partial charge is 0.190 e. The van der Waals surface area contributed by atoms with Gasteiger partial charge in [-0.2, -0.15) is 0 Å². The van der Waals surface area contributed by atoms with E-state index in [1.165, 1.54) is 0 Å². The highest BCUT2D eigenvalue weighted by atomic mass is 16.9. The Balaban J connectivity index is 1.07. The lowest BCUT2D eigenvalue weighted by Crippen LogP contribution is -2.57. The minimum absolute atomic E-state index is 0.191. The Morgan fingerprint density at radius 3 is 1.76 bits per heavy atom. The van der Waals surface area contributed by atoms with Gasteiger partial charge in [-0.05, 0) is 44.4 Å². The summed E-state index contributed by atoms with van der Waals surface area (Å²) < 4.78 is 63.9. The summed E-state index contributed by atoms with van der Waals surface area (Å²) in [6, 6.07) is 30.3. The van der Waals surface area contributed by atoms with Gasteiger partial charge >= 0.3 is 0 Å². The number of ether oxygens (including phenoxy) is 10. The van der Waals surface area contributed by atoms with Crippen LogP contribution < -0.4 is 0 Å². The summed E-state index contributed by atoms with van der Waals surface area (Å²) in [5, 5.41) is 0. The first-order valence-corrected chi connectivity index (χ1v) is 17.3. The van der Waals surface area contributed by atoms with Crippen LogP contribution in [0.5, 0.6) is 0 Å². The van der Waals surface area contributed by atoms with Crippen molar-refractivity contribution < 1.29 is 47.4 Å². The molecule has 264 valence electrons. The van der Waals surface area contributed by atoms with Crippen molar-refractivity contribution >= 4 is 0 Å². The topological polar surface area (TPSA) is 92.3 Å². The van der Waals surface area contributed by atoms with Gasteiger partial charge in [0.1, 0.15) is 36.6 Å². The van der Waals surface area contributed by atoms with E-state index in [0.29, 0.717) is 32.8 Å². The molecule has 0 aromatic heterocycles. The lowest BCUT2D eigenvalue weighted by Gasteiger charge is -2.42. The lowest BCUT2D eigenvalue weighted by atomic mass is 9.99. The van der Waals surface area contributed by atoms with Gasteiger partial charge in [-0.1, -0.05) is 91.0 Å². The molecule has 49 heavy (non-hydrogen) atoms. The van der Waals surface area contributed by atoms with Gasteiger partial charge in [0.05, 0.1) is 39.1 Å². The van der Waals surface area contributed by atoms with Crippen LogP contribution in [-0.2, 0) is 67.2 Å². The number of hydrogen-bond acceptors (Lipinski definition) is 10. The zero-order chi connectivity index (χ0) is 33.8. The molecule has 4 heterocycles. The normalized spacial score (nSPS) is 33.2. The summed E-state index contributed by atoms with van der Waals surface area (Å²) in [5.74, 6) is -1.60. The molecule has 0 amide bonds. The van der Waals surface area contributed by atoms with Crippen LogP contribution in [0.2, 0.25) is 0 Å². The average molecular weight is 677 g/mol. The van der Waals surface area contributed by atoms with E-state index in [9.17, 15) is 0 Å². The molecule has 4 saturated heterocycles. The Bertz CT molecular complexity index is 1450. The lowest BCUT2D eigenvalue weighted by molar-refractivity contribution is -0.296. The van der Waals surface area contributed by atoms with Gasteiger partial charge < -0.3 is 47.4 Å². The molecule has 4 fully saturated rings. The van der Waals surface area contributed by atoms with Crippen molar-refractivity contribution in [3.8, 4) is 0 Å². The fourth-order valence-electron chi connectivity index (χ4n) is 6.95. The van der Waals surface area contributed by atoms with Crippen LogP contribution in [0.1, 0.15) is 50.8 Å². The molecule has 10 nitrogen and oxygen atoms in total. The molecule has 9 atom stereocenters. The maximum absolute atomic E-state index is 6.64. The van der Waals surface area contributed by atoms with Crippen LogP contribution in [0.25, 0.3) is 0 Å². The molecule has 0 aliphatic carbocycles. The molecule has 10 heteroatoms. The molecular weight excluding hydrogens is 628 g/mol. The van der Waals surface area contributed by atoms with Gasteiger partial charge in [-0.25, -0.2) is 0 Å². The fourth-order valence-corrected chi connectivity index (χ4v) is 6.95. The van der Waals surface area contributed by atoms with E-state index < -0.39 is 54.7 Å². The zero-order valence-corrected chi connectivity index (χ0v) is 28.7. The van der Waals surface area contributed by atoms with Crippen LogP contribution in [-0.4, -0.2) is 80.1 Å². The molecule has 3 aromatic carbocycles. The van der Waals surface area contributed by atoms with Crippen molar-refractivity contribution in [3.05, 3.63) is 108 Å². The van der Waals surface area contributed by atoms with Gasteiger partial charge in [-0.15, -0.1) is 0 Å². The van der Waals surface area contributed by atoms with Crippen LogP contribution in [0, 0.1) is 0 Å². The van der Waals surface area contributed by atoms with Crippen molar-refractivity contribution in [2.75, 3.05) is 13.2 Å². The Morgan fingerprint density at radius 2 is 1.10 bits per heavy atom. The summed E-state index contributed by atoms with van der Waals surface area (Å²) in [6.45, 7) is 9.30. The van der Waals surface area contributed by atoms with Crippen molar-refractivity contribution in [1.82, 2.24) is 0 Å². The van der Waals surface area contributed by atoms with E-state index in [2.05, 4.69) is 24.3 Å². The largest absolute Gasteiger partial charge is 0.374 e. The first kappa shape index (κ1) is 34.7. The number of hydrogen-bond donors (Lipinski definition) is 0. The van der Waals surface area contributed by atoms with E-state index in [1.54, 1.807) is 0 Å². The van der Waals surface area contributed by atoms with Gasteiger partial charge in [-0.3, -0.25) is 0 Å². The van der Waals surface area contributed by atoms with E-state index in [1.807, 2.05) is 94.4 Å². The third-order valence-electron chi connectivity index (χ3n) is 9.17. The molecule has 0 spiro atoms. The molecule has 3 aromatic rings. The van der Waals surface area contributed by atoms with Crippen LogP contribution in [0.4, 0.5) is 0 Å². The van der Waals surface area contributed by atoms with Gasteiger partial charge in [0.2, 0.25) is 0 Å². The number of benzene rings is 3. The molecule has 0 bridgehead atoms. The SMILES string of the molecule is CC1(C)O[C@H]2[C@@H](O1)[C@@H](CO[C@@H]1C[C@@H](OCc3ccccc3)[C@@H](OCc3ccccc3)[C@@H](COCc3ccccc3)O1)O[C@@H]1OC(C)(C)O[C@@H]12. The van der Waals surface area contributed by atoms with Gasteiger partial charge in [0.25, 0.3) is 0 Å². The summed E-state index contributed by atoms with van der Waals surface area (Å²) in [7, 11) is 0. The van der Waals surface area contributed by atoms with E-state index in [0.717, 1.165) is 16.7 Å². The van der Waals surface area contributed by atoms with Crippen LogP contribution >= 0.6 is 0 Å². The first-order chi connectivity index (χ1) is 23.7. The molecular formula is C39H48O10. The highest BCUT2D eigenvalue weighted by Crippen LogP contribution is 2.44. The Kier molecular flexibility index (Phi) is 10.8. The van der Waals surface area contributed by atoms with Crippen molar-refractivity contribution in [3.63, 3.8) is 0 Å². The van der Waals surface area contributed by atoms with E-state index in [4.69, 9.17) is 47.4 Å². The molecule has 0 radical (unpaired) electrons. The van der Waals surface area contributed by atoms with Crippen LogP contribution in [0.3, 0.4) is 0 Å². The average Bonchev–Trinajstić information content (AvgIpc) is 3.60. The second-order valence-electron chi connectivity index (χ2n) is 14.0. The number of rotatable bonds is 13. The van der Waals surface area contributed by atoms with Gasteiger partial charge in [0, 0.05) is 6.42 Å².